The topological polar surface area (TPSA) is 92.2 Å². The van der Waals surface area contributed by atoms with Crippen LogP contribution < -0.4 is 0 Å². The molecule has 0 saturated carbocycles. The van der Waals surface area contributed by atoms with Crippen molar-refractivity contribution in [3.05, 3.63) is 93.2 Å². The second kappa shape index (κ2) is 12.6. The monoisotopic (exact) mass is 550 g/mol. The fraction of sp³-hybridized carbons (Fsp3) is 0.214. The maximum atomic E-state index is 11.9. The molecule has 2 amide bonds. The Bertz CT molecular complexity index is 1470. The van der Waals surface area contributed by atoms with Crippen LogP contribution >= 0.6 is 23.2 Å². The van der Waals surface area contributed by atoms with Gasteiger partial charge in [-0.3, -0.25) is 9.59 Å². The molecule has 2 aromatic heterocycles. The Morgan fingerprint density at radius 2 is 1.21 bits per heavy atom. The Morgan fingerprint density at radius 3 is 1.74 bits per heavy atom. The average molecular weight is 551 g/mol. The number of carbonyl (C=O) groups excluding carboxylic acids is 2. The van der Waals surface area contributed by atoms with Gasteiger partial charge < -0.3 is 9.80 Å². The summed E-state index contributed by atoms with van der Waals surface area (Å²) >= 11 is 11.7. The lowest BCUT2D eigenvalue weighted by molar-refractivity contribution is 0.0820. The highest BCUT2D eigenvalue weighted by Gasteiger charge is 2.12. The van der Waals surface area contributed by atoms with Gasteiger partial charge in [0, 0.05) is 50.4 Å². The molecule has 8 nitrogen and oxygen atoms in total. The molecule has 0 aliphatic heterocycles. The van der Waals surface area contributed by atoms with E-state index in [9.17, 15) is 9.59 Å². The van der Waals surface area contributed by atoms with Crippen molar-refractivity contribution in [1.82, 2.24) is 30.2 Å². The molecule has 2 heterocycles. The van der Waals surface area contributed by atoms with Gasteiger partial charge in [-0.2, -0.15) is 0 Å². The molecule has 4 aromatic rings. The van der Waals surface area contributed by atoms with Crippen molar-refractivity contribution in [2.75, 3.05) is 28.2 Å². The molecule has 0 spiro atoms. The summed E-state index contributed by atoms with van der Waals surface area (Å²) in [5.74, 6) is -0.0816. The van der Waals surface area contributed by atoms with Gasteiger partial charge >= 0.3 is 0 Å². The van der Waals surface area contributed by atoms with E-state index in [0.717, 1.165) is 27.9 Å². The molecule has 0 unspecified atom stereocenters. The van der Waals surface area contributed by atoms with Crippen LogP contribution in [0.1, 0.15) is 31.8 Å². The SMILES string of the molecule is Cc1cc(-c2cccc(C(=O)N(C)C)c2)nnc1Cl.Cc1cc(Cl)nnc1-c1cccc(C(=O)N(C)C)c1. The minimum absolute atomic E-state index is 0.0403. The van der Waals surface area contributed by atoms with Crippen LogP contribution in [-0.4, -0.2) is 70.2 Å². The molecule has 0 saturated heterocycles. The van der Waals surface area contributed by atoms with Gasteiger partial charge in [0.1, 0.15) is 0 Å². The molecule has 0 N–H and O–H groups in total. The van der Waals surface area contributed by atoms with Gasteiger partial charge in [0.25, 0.3) is 11.8 Å². The van der Waals surface area contributed by atoms with E-state index < -0.39 is 0 Å². The van der Waals surface area contributed by atoms with E-state index in [1.807, 2.05) is 50.2 Å². The lowest BCUT2D eigenvalue weighted by atomic mass is 10.0. The number of carbonyl (C=O) groups is 2. The summed E-state index contributed by atoms with van der Waals surface area (Å²) in [5.41, 5.74) is 6.17. The molecule has 0 radical (unpaired) electrons. The lowest BCUT2D eigenvalue weighted by Crippen LogP contribution is -2.21. The number of aromatic nitrogens is 4. The van der Waals surface area contributed by atoms with Crippen LogP contribution in [0.15, 0.2) is 60.7 Å². The Morgan fingerprint density at radius 1 is 0.658 bits per heavy atom. The normalized spacial score (nSPS) is 10.3. The molecule has 0 aliphatic rings. The second-order valence-corrected chi connectivity index (χ2v) is 9.71. The molecule has 196 valence electrons. The maximum absolute atomic E-state index is 11.9. The van der Waals surface area contributed by atoms with E-state index >= 15 is 0 Å². The van der Waals surface area contributed by atoms with Gasteiger partial charge in [-0.1, -0.05) is 47.5 Å². The first-order chi connectivity index (χ1) is 18.0. The first-order valence-corrected chi connectivity index (χ1v) is 12.4. The highest BCUT2D eigenvalue weighted by atomic mass is 35.5. The van der Waals surface area contributed by atoms with Gasteiger partial charge in [0.15, 0.2) is 10.3 Å². The van der Waals surface area contributed by atoms with Gasteiger partial charge in [-0.15, -0.1) is 20.4 Å². The average Bonchev–Trinajstić information content (AvgIpc) is 2.89. The number of halogens is 2. The molecule has 10 heteroatoms. The minimum atomic E-state index is -0.0412. The molecule has 2 aromatic carbocycles. The first kappa shape index (κ1) is 28.7. The number of nitrogens with zero attached hydrogens (tertiary/aromatic N) is 6. The second-order valence-electron chi connectivity index (χ2n) is 8.96. The van der Waals surface area contributed by atoms with Gasteiger partial charge in [-0.05, 0) is 61.4 Å². The molecule has 0 aliphatic carbocycles. The van der Waals surface area contributed by atoms with Crippen LogP contribution in [0.3, 0.4) is 0 Å². The standard InChI is InChI=1S/2C14H14ClN3O/c1-9-7-12(15)16-17-13(9)10-5-4-6-11(8-10)14(19)18(2)3;1-9-7-12(16-17-13(9)15)10-5-4-6-11(8-10)14(19)18(2)3/h2*4-8H,1-3H3. The number of rotatable bonds is 4. The molecule has 0 atom stereocenters. The molecular formula is C28H28Cl2N6O2. The summed E-state index contributed by atoms with van der Waals surface area (Å²) in [4.78, 5) is 26.9. The first-order valence-electron chi connectivity index (χ1n) is 11.6. The van der Waals surface area contributed by atoms with E-state index in [4.69, 9.17) is 23.2 Å². The quantitative estimate of drug-likeness (QED) is 0.327. The van der Waals surface area contributed by atoms with E-state index in [1.54, 1.807) is 57.4 Å². The van der Waals surface area contributed by atoms with Crippen LogP contribution in [0, 0.1) is 13.8 Å². The molecule has 4 rings (SSSR count). The zero-order valence-corrected chi connectivity index (χ0v) is 23.5. The third-order valence-corrected chi connectivity index (χ3v) is 6.04. The van der Waals surface area contributed by atoms with Crippen molar-refractivity contribution in [2.45, 2.75) is 13.8 Å². The van der Waals surface area contributed by atoms with Crippen LogP contribution in [0.4, 0.5) is 0 Å². The fourth-order valence-corrected chi connectivity index (χ4v) is 3.77. The lowest BCUT2D eigenvalue weighted by Gasteiger charge is -2.11. The van der Waals surface area contributed by atoms with Crippen molar-refractivity contribution < 1.29 is 9.59 Å². The summed E-state index contributed by atoms with van der Waals surface area (Å²) in [6, 6.07) is 18.2. The van der Waals surface area contributed by atoms with E-state index in [0.29, 0.717) is 27.1 Å². The van der Waals surface area contributed by atoms with E-state index in [2.05, 4.69) is 20.4 Å². The Hall–Kier alpha value is -3.88. The maximum Gasteiger partial charge on any atom is 0.253 e. The van der Waals surface area contributed by atoms with Crippen LogP contribution in [0.5, 0.6) is 0 Å². The van der Waals surface area contributed by atoms with Gasteiger partial charge in [0.05, 0.1) is 11.4 Å². The van der Waals surface area contributed by atoms with Crippen molar-refractivity contribution in [3.8, 4) is 22.5 Å². The highest BCUT2D eigenvalue weighted by Crippen LogP contribution is 2.24. The largest absolute Gasteiger partial charge is 0.345 e. The van der Waals surface area contributed by atoms with Crippen molar-refractivity contribution >= 4 is 35.0 Å². The summed E-state index contributed by atoms with van der Waals surface area (Å²) in [5, 5.41) is 16.6. The predicted molar refractivity (Wildman–Crippen MR) is 150 cm³/mol. The molecule has 38 heavy (non-hydrogen) atoms. The Kier molecular flexibility index (Phi) is 9.50. The molecule has 0 fully saturated rings. The fourth-order valence-electron chi connectivity index (χ4n) is 3.48. The van der Waals surface area contributed by atoms with Crippen LogP contribution in [0.25, 0.3) is 22.5 Å². The summed E-state index contributed by atoms with van der Waals surface area (Å²) in [6.07, 6.45) is 0. The smallest absolute Gasteiger partial charge is 0.253 e. The zero-order chi connectivity index (χ0) is 28.0. The molecular weight excluding hydrogens is 523 g/mol. The van der Waals surface area contributed by atoms with Crippen molar-refractivity contribution in [3.63, 3.8) is 0 Å². The predicted octanol–water partition coefficient (Wildman–Crippen LogP) is 5.61. The van der Waals surface area contributed by atoms with E-state index in [-0.39, 0.29) is 11.8 Å². The van der Waals surface area contributed by atoms with Crippen LogP contribution in [-0.2, 0) is 0 Å². The summed E-state index contributed by atoms with van der Waals surface area (Å²) in [7, 11) is 6.90. The third kappa shape index (κ3) is 7.12. The minimum Gasteiger partial charge on any atom is -0.345 e. The number of hydrogen-bond acceptors (Lipinski definition) is 6. The van der Waals surface area contributed by atoms with Crippen molar-refractivity contribution in [1.29, 1.82) is 0 Å². The van der Waals surface area contributed by atoms with Gasteiger partial charge in [-0.25, -0.2) is 0 Å². The Balaban J connectivity index is 0.000000211. The summed E-state index contributed by atoms with van der Waals surface area (Å²) in [6.45, 7) is 3.78. The number of aryl methyl sites for hydroxylation is 2. The molecule has 0 bridgehead atoms. The number of hydrogen-bond donors (Lipinski definition) is 0. The third-order valence-electron chi connectivity index (χ3n) is 5.48. The number of amides is 2. The zero-order valence-electron chi connectivity index (χ0n) is 22.0. The van der Waals surface area contributed by atoms with Crippen molar-refractivity contribution in [2.24, 2.45) is 0 Å². The van der Waals surface area contributed by atoms with E-state index in [1.165, 1.54) is 4.90 Å². The highest BCUT2D eigenvalue weighted by molar-refractivity contribution is 6.30. The Labute approximate surface area is 232 Å². The summed E-state index contributed by atoms with van der Waals surface area (Å²) < 4.78 is 0. The van der Waals surface area contributed by atoms with Gasteiger partial charge in [0.2, 0.25) is 0 Å². The number of benzene rings is 2. The van der Waals surface area contributed by atoms with Crippen LogP contribution in [0.2, 0.25) is 10.3 Å².